The number of pyridine rings is 1. The Kier molecular flexibility index (Phi) is 6.90. The second-order valence-electron chi connectivity index (χ2n) is 6.35. The maximum absolute atomic E-state index is 13.6. The number of carbonyl (C=O) groups excluding carboxylic acids is 2. The minimum Gasteiger partial charge on any atom is -0.346 e. The van der Waals surface area contributed by atoms with Crippen molar-refractivity contribution in [1.82, 2.24) is 25.1 Å². The molecule has 0 spiro atoms. The minimum atomic E-state index is -1.69. The molecular formula is C19H17F3N6O2S. The summed E-state index contributed by atoms with van der Waals surface area (Å²) in [7, 11) is 1.76. The number of amides is 2. The Bertz CT molecular complexity index is 1110. The first-order valence-electron chi connectivity index (χ1n) is 8.95. The number of carbonyl (C=O) groups is 2. The van der Waals surface area contributed by atoms with Crippen molar-refractivity contribution in [1.29, 1.82) is 0 Å². The molecule has 0 saturated carbocycles. The first-order chi connectivity index (χ1) is 14.8. The molecule has 2 N–H and O–H groups in total. The van der Waals surface area contributed by atoms with Crippen LogP contribution in [0.3, 0.4) is 0 Å². The van der Waals surface area contributed by atoms with E-state index in [1.165, 1.54) is 0 Å². The maximum atomic E-state index is 13.6. The molecule has 0 aliphatic heterocycles. The Hall–Kier alpha value is -3.41. The lowest BCUT2D eigenvalue weighted by atomic mass is 10.2. The number of nitrogens with one attached hydrogen (secondary N) is 2. The summed E-state index contributed by atoms with van der Waals surface area (Å²) in [5, 5.41) is 12.5. The van der Waals surface area contributed by atoms with Crippen LogP contribution in [0.15, 0.2) is 41.8 Å². The molecule has 3 rings (SSSR count). The zero-order valence-electron chi connectivity index (χ0n) is 16.4. The molecule has 8 nitrogen and oxygen atoms in total. The van der Waals surface area contributed by atoms with Crippen LogP contribution >= 0.6 is 11.8 Å². The Labute approximate surface area is 179 Å². The quantitative estimate of drug-likeness (QED) is 0.424. The predicted octanol–water partition coefficient (Wildman–Crippen LogP) is 2.53. The summed E-state index contributed by atoms with van der Waals surface area (Å²) < 4.78 is 41.5. The van der Waals surface area contributed by atoms with Gasteiger partial charge < -0.3 is 15.2 Å². The summed E-state index contributed by atoms with van der Waals surface area (Å²) in [4.78, 5) is 28.2. The third kappa shape index (κ3) is 5.20. The van der Waals surface area contributed by atoms with Crippen molar-refractivity contribution in [2.75, 3.05) is 11.9 Å². The zero-order valence-corrected chi connectivity index (χ0v) is 17.2. The number of anilines is 1. The van der Waals surface area contributed by atoms with Crippen molar-refractivity contribution < 1.29 is 22.8 Å². The molecule has 31 heavy (non-hydrogen) atoms. The van der Waals surface area contributed by atoms with Crippen LogP contribution in [0.1, 0.15) is 6.92 Å². The molecule has 1 unspecified atom stereocenters. The van der Waals surface area contributed by atoms with Gasteiger partial charge >= 0.3 is 0 Å². The van der Waals surface area contributed by atoms with Gasteiger partial charge in [-0.1, -0.05) is 11.8 Å². The molecule has 0 aliphatic carbocycles. The molecule has 0 radical (unpaired) electrons. The second-order valence-corrected chi connectivity index (χ2v) is 7.66. The van der Waals surface area contributed by atoms with Crippen molar-refractivity contribution in [3.05, 3.63) is 54.1 Å². The van der Waals surface area contributed by atoms with Crippen LogP contribution in [0.5, 0.6) is 0 Å². The Balaban J connectivity index is 1.55. The van der Waals surface area contributed by atoms with Gasteiger partial charge in [-0.15, -0.1) is 10.2 Å². The normalized spacial score (nSPS) is 11.8. The van der Waals surface area contributed by atoms with E-state index in [0.29, 0.717) is 17.0 Å². The number of hydrogen-bond donors (Lipinski definition) is 2. The standard InChI is InChI=1S/C19H17F3N6O2S/c1-10(31-19-27-26-17(28(19)2)11-5-7-23-8-6-11)18(30)24-9-14(29)25-13-4-3-12(20)15(21)16(13)22/h3-8,10H,9H2,1-2H3,(H,24,30)(H,25,29). The van der Waals surface area contributed by atoms with Crippen molar-refractivity contribution in [2.45, 2.75) is 17.3 Å². The first kappa shape index (κ1) is 22.3. The molecule has 12 heteroatoms. The lowest BCUT2D eigenvalue weighted by Gasteiger charge is -2.12. The predicted molar refractivity (Wildman–Crippen MR) is 108 cm³/mol. The summed E-state index contributed by atoms with van der Waals surface area (Å²) in [6.45, 7) is 1.14. The number of thioether (sulfide) groups is 1. The van der Waals surface area contributed by atoms with Crippen molar-refractivity contribution in [3.63, 3.8) is 0 Å². The highest BCUT2D eigenvalue weighted by atomic mass is 32.2. The fourth-order valence-corrected chi connectivity index (χ4v) is 3.35. The van der Waals surface area contributed by atoms with Crippen LogP contribution < -0.4 is 10.6 Å². The summed E-state index contributed by atoms with van der Waals surface area (Å²) in [6, 6.07) is 5.14. The van der Waals surface area contributed by atoms with E-state index in [1.54, 1.807) is 43.1 Å². The highest BCUT2D eigenvalue weighted by Crippen LogP contribution is 2.25. The fraction of sp³-hybridized carbons (Fsp3) is 0.211. The average molecular weight is 450 g/mol. The highest BCUT2D eigenvalue weighted by molar-refractivity contribution is 8.00. The lowest BCUT2D eigenvalue weighted by molar-refractivity contribution is -0.123. The molecule has 1 aromatic carbocycles. The van der Waals surface area contributed by atoms with Crippen molar-refractivity contribution in [2.24, 2.45) is 7.05 Å². The molecular weight excluding hydrogens is 433 g/mol. The maximum Gasteiger partial charge on any atom is 0.243 e. The van der Waals surface area contributed by atoms with E-state index in [0.717, 1.165) is 23.4 Å². The average Bonchev–Trinajstić information content (AvgIpc) is 3.13. The molecule has 0 bridgehead atoms. The molecule has 1 atom stereocenters. The molecule has 162 valence electrons. The van der Waals surface area contributed by atoms with Crippen molar-refractivity contribution in [3.8, 4) is 11.4 Å². The number of aromatic nitrogens is 4. The van der Waals surface area contributed by atoms with E-state index in [9.17, 15) is 22.8 Å². The van der Waals surface area contributed by atoms with Gasteiger partial charge in [0.15, 0.2) is 28.4 Å². The second kappa shape index (κ2) is 9.60. The molecule has 0 saturated heterocycles. The summed E-state index contributed by atoms with van der Waals surface area (Å²) in [5.74, 6) is -5.25. The molecule has 2 heterocycles. The Morgan fingerprint density at radius 2 is 1.81 bits per heavy atom. The molecule has 0 fully saturated rings. The smallest absolute Gasteiger partial charge is 0.243 e. The van der Waals surface area contributed by atoms with Crippen LogP contribution in [-0.2, 0) is 16.6 Å². The molecule has 2 aromatic heterocycles. The van der Waals surface area contributed by atoms with E-state index < -0.39 is 46.7 Å². The Morgan fingerprint density at radius 1 is 1.10 bits per heavy atom. The number of halogens is 3. The molecule has 3 aromatic rings. The topological polar surface area (TPSA) is 102 Å². The molecule has 0 aliphatic rings. The van der Waals surface area contributed by atoms with E-state index >= 15 is 0 Å². The van der Waals surface area contributed by atoms with Gasteiger partial charge in [-0.05, 0) is 31.2 Å². The van der Waals surface area contributed by atoms with Crippen LogP contribution in [0, 0.1) is 17.5 Å². The van der Waals surface area contributed by atoms with E-state index in [2.05, 4.69) is 25.8 Å². The highest BCUT2D eigenvalue weighted by Gasteiger charge is 2.20. The van der Waals surface area contributed by atoms with Crippen LogP contribution in [0.4, 0.5) is 18.9 Å². The third-order valence-electron chi connectivity index (χ3n) is 4.16. The molecule has 2 amide bonds. The van der Waals surface area contributed by atoms with Crippen LogP contribution in [0.25, 0.3) is 11.4 Å². The number of rotatable bonds is 7. The SMILES string of the molecule is CC(Sc1nnc(-c2ccncc2)n1C)C(=O)NCC(=O)Nc1ccc(F)c(F)c1F. The Morgan fingerprint density at radius 3 is 2.52 bits per heavy atom. The monoisotopic (exact) mass is 450 g/mol. The van der Waals surface area contributed by atoms with Crippen LogP contribution in [-0.4, -0.2) is 43.4 Å². The van der Waals surface area contributed by atoms with E-state index in [1.807, 2.05) is 0 Å². The summed E-state index contributed by atoms with van der Waals surface area (Å²) >= 11 is 1.13. The fourth-order valence-electron chi connectivity index (χ4n) is 2.51. The van der Waals surface area contributed by atoms with Gasteiger partial charge in [-0.3, -0.25) is 14.6 Å². The third-order valence-corrected chi connectivity index (χ3v) is 5.29. The number of nitrogens with zero attached hydrogens (tertiary/aromatic N) is 4. The van der Waals surface area contributed by atoms with Gasteiger partial charge in [-0.2, -0.15) is 0 Å². The number of benzene rings is 1. The van der Waals surface area contributed by atoms with E-state index in [4.69, 9.17) is 0 Å². The lowest BCUT2D eigenvalue weighted by Crippen LogP contribution is -2.37. The van der Waals surface area contributed by atoms with Gasteiger partial charge in [-0.25, -0.2) is 13.2 Å². The summed E-state index contributed by atoms with van der Waals surface area (Å²) in [6.07, 6.45) is 3.26. The van der Waals surface area contributed by atoms with Gasteiger partial charge in [0.2, 0.25) is 11.8 Å². The largest absolute Gasteiger partial charge is 0.346 e. The van der Waals surface area contributed by atoms with Gasteiger partial charge in [0.1, 0.15) is 0 Å². The summed E-state index contributed by atoms with van der Waals surface area (Å²) in [5.41, 5.74) is 0.290. The van der Waals surface area contributed by atoms with E-state index in [-0.39, 0.29) is 0 Å². The number of hydrogen-bond acceptors (Lipinski definition) is 6. The van der Waals surface area contributed by atoms with Crippen LogP contribution in [0.2, 0.25) is 0 Å². The first-order valence-corrected chi connectivity index (χ1v) is 9.83. The van der Waals surface area contributed by atoms with Gasteiger partial charge in [0.25, 0.3) is 0 Å². The van der Waals surface area contributed by atoms with Gasteiger partial charge in [0.05, 0.1) is 17.5 Å². The van der Waals surface area contributed by atoms with Crippen molar-refractivity contribution >= 4 is 29.3 Å². The zero-order chi connectivity index (χ0) is 22.5. The minimum absolute atomic E-state index is 0.473. The van der Waals surface area contributed by atoms with Gasteiger partial charge in [0, 0.05) is 25.0 Å².